The van der Waals surface area contributed by atoms with Gasteiger partial charge in [0.25, 0.3) is 5.91 Å². The number of hydrogen-bond donors (Lipinski definition) is 1. The molecule has 1 N–H and O–H groups in total. The van der Waals surface area contributed by atoms with Crippen molar-refractivity contribution in [1.82, 2.24) is 9.78 Å². The van der Waals surface area contributed by atoms with Crippen molar-refractivity contribution in [3.8, 4) is 0 Å². The van der Waals surface area contributed by atoms with Crippen LogP contribution < -0.4 is 5.32 Å². The fourth-order valence-corrected chi connectivity index (χ4v) is 2.11. The summed E-state index contributed by atoms with van der Waals surface area (Å²) in [5.74, 6) is -0.706. The van der Waals surface area contributed by atoms with Crippen molar-refractivity contribution < 1.29 is 9.18 Å². The van der Waals surface area contributed by atoms with E-state index in [1.165, 1.54) is 18.3 Å². The molecule has 4 nitrogen and oxygen atoms in total. The summed E-state index contributed by atoms with van der Waals surface area (Å²) in [6, 6.07) is 15.6. The molecule has 0 unspecified atom stereocenters. The van der Waals surface area contributed by atoms with Crippen LogP contribution >= 0.6 is 0 Å². The Balaban J connectivity index is 1.69. The maximum atomic E-state index is 13.1. The summed E-state index contributed by atoms with van der Waals surface area (Å²) >= 11 is 0. The average Bonchev–Trinajstić information content (AvgIpc) is 2.97. The number of nitrogens with one attached hydrogen (secondary N) is 1. The van der Waals surface area contributed by atoms with Crippen molar-refractivity contribution in [2.45, 2.75) is 6.54 Å². The van der Waals surface area contributed by atoms with Crippen LogP contribution in [0.4, 0.5) is 10.1 Å². The smallest absolute Gasteiger partial charge is 0.258 e. The Morgan fingerprint density at radius 3 is 2.73 bits per heavy atom. The highest BCUT2D eigenvalue weighted by Crippen LogP contribution is 2.11. The van der Waals surface area contributed by atoms with Crippen LogP contribution in [-0.2, 0) is 6.54 Å². The van der Waals surface area contributed by atoms with E-state index in [0.717, 1.165) is 5.56 Å². The second-order valence-electron chi connectivity index (χ2n) is 4.88. The van der Waals surface area contributed by atoms with Crippen molar-refractivity contribution >= 4 is 11.6 Å². The van der Waals surface area contributed by atoms with Gasteiger partial charge in [-0.15, -0.1) is 0 Å². The molecule has 1 aromatic heterocycles. The van der Waals surface area contributed by atoms with Crippen LogP contribution in [-0.4, -0.2) is 15.7 Å². The van der Waals surface area contributed by atoms with E-state index in [9.17, 15) is 9.18 Å². The number of aromatic nitrogens is 2. The molecule has 0 saturated carbocycles. The minimum atomic E-state index is -0.391. The van der Waals surface area contributed by atoms with Crippen molar-refractivity contribution in [3.63, 3.8) is 0 Å². The third kappa shape index (κ3) is 3.38. The van der Waals surface area contributed by atoms with Crippen molar-refractivity contribution in [3.05, 3.63) is 83.9 Å². The Bertz CT molecular complexity index is 783. The number of benzene rings is 2. The zero-order chi connectivity index (χ0) is 15.4. The maximum Gasteiger partial charge on any atom is 0.258 e. The third-order valence-electron chi connectivity index (χ3n) is 3.17. The Labute approximate surface area is 127 Å². The normalized spacial score (nSPS) is 10.4. The van der Waals surface area contributed by atoms with E-state index in [-0.39, 0.29) is 5.91 Å². The van der Waals surface area contributed by atoms with Crippen molar-refractivity contribution in [2.24, 2.45) is 0 Å². The maximum absolute atomic E-state index is 13.1. The largest absolute Gasteiger partial charge is 0.322 e. The van der Waals surface area contributed by atoms with E-state index in [0.29, 0.717) is 17.8 Å². The van der Waals surface area contributed by atoms with Gasteiger partial charge in [-0.05, 0) is 23.8 Å². The van der Waals surface area contributed by atoms with Gasteiger partial charge in [0.15, 0.2) is 0 Å². The summed E-state index contributed by atoms with van der Waals surface area (Å²) in [5, 5.41) is 6.82. The molecule has 0 spiro atoms. The molecule has 22 heavy (non-hydrogen) atoms. The summed E-state index contributed by atoms with van der Waals surface area (Å²) in [7, 11) is 0. The number of hydrogen-bond acceptors (Lipinski definition) is 2. The standard InChI is InChI=1S/C17H14FN3O/c18-15-7-4-8-16(9-15)20-17(22)14-10-19-21(12-14)11-13-5-2-1-3-6-13/h1-10,12H,11H2,(H,20,22). The third-order valence-corrected chi connectivity index (χ3v) is 3.17. The SMILES string of the molecule is O=C(Nc1cccc(F)c1)c1cnn(Cc2ccccc2)c1. The van der Waals surface area contributed by atoms with Crippen LogP contribution in [0.1, 0.15) is 15.9 Å². The monoisotopic (exact) mass is 295 g/mol. The van der Waals surface area contributed by atoms with Gasteiger partial charge in [-0.25, -0.2) is 4.39 Å². The molecule has 3 rings (SSSR count). The second-order valence-corrected chi connectivity index (χ2v) is 4.88. The summed E-state index contributed by atoms with van der Waals surface area (Å²) in [6.45, 7) is 0.591. The Morgan fingerprint density at radius 1 is 1.14 bits per heavy atom. The summed E-state index contributed by atoms with van der Waals surface area (Å²) in [5.41, 5.74) is 1.95. The molecule has 0 atom stereocenters. The van der Waals surface area contributed by atoms with Gasteiger partial charge in [0, 0.05) is 11.9 Å². The van der Waals surface area contributed by atoms with Gasteiger partial charge in [0.2, 0.25) is 0 Å². The molecular weight excluding hydrogens is 281 g/mol. The molecule has 0 fully saturated rings. The van der Waals surface area contributed by atoms with Crippen molar-refractivity contribution in [1.29, 1.82) is 0 Å². The van der Waals surface area contributed by atoms with Crippen LogP contribution in [0.15, 0.2) is 67.0 Å². The molecule has 5 heteroatoms. The first-order chi connectivity index (χ1) is 10.7. The van der Waals surface area contributed by atoms with E-state index in [2.05, 4.69) is 10.4 Å². The predicted molar refractivity (Wildman–Crippen MR) is 82.1 cm³/mol. The van der Waals surface area contributed by atoms with E-state index < -0.39 is 5.82 Å². The first-order valence-corrected chi connectivity index (χ1v) is 6.84. The molecule has 0 saturated heterocycles. The van der Waals surface area contributed by atoms with E-state index in [1.807, 2.05) is 30.3 Å². The summed E-state index contributed by atoms with van der Waals surface area (Å²) in [6.07, 6.45) is 3.17. The molecule has 0 aliphatic heterocycles. The lowest BCUT2D eigenvalue weighted by molar-refractivity contribution is 0.102. The lowest BCUT2D eigenvalue weighted by atomic mass is 10.2. The Kier molecular flexibility index (Phi) is 3.96. The van der Waals surface area contributed by atoms with Crippen LogP contribution in [0.2, 0.25) is 0 Å². The molecule has 0 aliphatic carbocycles. The molecule has 0 aliphatic rings. The number of halogens is 1. The first kappa shape index (κ1) is 14.0. The van der Waals surface area contributed by atoms with Gasteiger partial charge in [-0.2, -0.15) is 5.10 Å². The lowest BCUT2D eigenvalue weighted by Gasteiger charge is -2.03. The zero-order valence-corrected chi connectivity index (χ0v) is 11.7. The van der Waals surface area contributed by atoms with E-state index >= 15 is 0 Å². The highest BCUT2D eigenvalue weighted by molar-refractivity contribution is 6.03. The van der Waals surface area contributed by atoms with Gasteiger partial charge in [-0.1, -0.05) is 36.4 Å². The van der Waals surface area contributed by atoms with Gasteiger partial charge < -0.3 is 5.32 Å². The molecule has 0 bridgehead atoms. The number of anilines is 1. The predicted octanol–water partition coefficient (Wildman–Crippen LogP) is 3.32. The fraction of sp³-hybridized carbons (Fsp3) is 0.0588. The highest BCUT2D eigenvalue weighted by Gasteiger charge is 2.09. The van der Waals surface area contributed by atoms with E-state index in [4.69, 9.17) is 0 Å². The van der Waals surface area contributed by atoms with Gasteiger partial charge >= 0.3 is 0 Å². The summed E-state index contributed by atoms with van der Waals surface area (Å²) in [4.78, 5) is 12.1. The minimum absolute atomic E-state index is 0.315. The van der Waals surface area contributed by atoms with Crippen LogP contribution in [0.25, 0.3) is 0 Å². The average molecular weight is 295 g/mol. The van der Waals surface area contributed by atoms with Gasteiger partial charge in [0.05, 0.1) is 18.3 Å². The molecule has 1 heterocycles. The Hall–Kier alpha value is -2.95. The fourth-order valence-electron chi connectivity index (χ4n) is 2.11. The van der Waals surface area contributed by atoms with Crippen LogP contribution in [0, 0.1) is 5.82 Å². The molecular formula is C17H14FN3O. The highest BCUT2D eigenvalue weighted by atomic mass is 19.1. The first-order valence-electron chi connectivity index (χ1n) is 6.84. The van der Waals surface area contributed by atoms with Crippen LogP contribution in [0.5, 0.6) is 0 Å². The second kappa shape index (κ2) is 6.22. The minimum Gasteiger partial charge on any atom is -0.322 e. The van der Waals surface area contributed by atoms with Gasteiger partial charge in [0.1, 0.15) is 5.82 Å². The number of carbonyl (C=O) groups is 1. The topological polar surface area (TPSA) is 46.9 Å². The molecule has 3 aromatic rings. The molecule has 110 valence electrons. The van der Waals surface area contributed by atoms with Crippen LogP contribution in [0.3, 0.4) is 0 Å². The molecule has 2 aromatic carbocycles. The number of amides is 1. The number of carbonyl (C=O) groups excluding carboxylic acids is 1. The lowest BCUT2D eigenvalue weighted by Crippen LogP contribution is -2.11. The van der Waals surface area contributed by atoms with Crippen molar-refractivity contribution in [2.75, 3.05) is 5.32 Å². The number of rotatable bonds is 4. The quantitative estimate of drug-likeness (QED) is 0.802. The number of nitrogens with zero attached hydrogens (tertiary/aromatic N) is 2. The zero-order valence-electron chi connectivity index (χ0n) is 11.7. The summed E-state index contributed by atoms with van der Waals surface area (Å²) < 4.78 is 14.8. The Morgan fingerprint density at radius 2 is 1.95 bits per heavy atom. The molecule has 0 radical (unpaired) electrons. The van der Waals surface area contributed by atoms with Gasteiger partial charge in [-0.3, -0.25) is 9.48 Å². The van der Waals surface area contributed by atoms with E-state index in [1.54, 1.807) is 23.0 Å². The molecule has 1 amide bonds.